The molecular formula is C15H17ClN4OS. The van der Waals surface area contributed by atoms with Gasteiger partial charge in [0, 0.05) is 35.7 Å². The van der Waals surface area contributed by atoms with Crippen LogP contribution in [0.25, 0.3) is 11.1 Å². The smallest absolute Gasteiger partial charge is 0.176 e. The molecule has 7 heteroatoms. The molecule has 0 bridgehead atoms. The Morgan fingerprint density at radius 2 is 2.32 bits per heavy atom. The van der Waals surface area contributed by atoms with Crippen molar-refractivity contribution >= 4 is 39.7 Å². The second-order valence-corrected chi connectivity index (χ2v) is 6.65. The van der Waals surface area contributed by atoms with Crippen LogP contribution in [-0.2, 0) is 13.0 Å². The molecule has 0 amide bonds. The highest BCUT2D eigenvalue weighted by Crippen LogP contribution is 2.32. The molecule has 0 saturated carbocycles. The van der Waals surface area contributed by atoms with Crippen molar-refractivity contribution in [3.63, 3.8) is 0 Å². The molecule has 0 aliphatic carbocycles. The summed E-state index contributed by atoms with van der Waals surface area (Å²) in [6, 6.07) is 1.80. The molecule has 1 atom stereocenters. The summed E-state index contributed by atoms with van der Waals surface area (Å²) in [5.74, 6) is 0.858. The van der Waals surface area contributed by atoms with Crippen LogP contribution < -0.4 is 11.1 Å². The normalized spacial score (nSPS) is 12.7. The molecule has 5 nitrogen and oxygen atoms in total. The molecule has 0 spiro atoms. The maximum atomic E-state index is 6.14. The number of hydrogen-bond acceptors (Lipinski definition) is 6. The summed E-state index contributed by atoms with van der Waals surface area (Å²) in [4.78, 5) is 8.64. The third-order valence-electron chi connectivity index (χ3n) is 3.36. The summed E-state index contributed by atoms with van der Waals surface area (Å²) in [5.41, 5.74) is 9.19. The Labute approximate surface area is 137 Å². The van der Waals surface area contributed by atoms with Crippen molar-refractivity contribution in [2.45, 2.75) is 32.9 Å². The lowest BCUT2D eigenvalue weighted by molar-refractivity contribution is 0.522. The predicted octanol–water partition coefficient (Wildman–Crippen LogP) is 3.75. The molecule has 0 aliphatic heterocycles. The molecule has 3 aromatic heterocycles. The van der Waals surface area contributed by atoms with E-state index in [0.717, 1.165) is 27.5 Å². The number of halogens is 1. The van der Waals surface area contributed by atoms with Crippen molar-refractivity contribution in [3.8, 4) is 0 Å². The zero-order chi connectivity index (χ0) is 15.7. The average molecular weight is 337 g/mol. The Balaban J connectivity index is 1.98. The third-order valence-corrected chi connectivity index (χ3v) is 4.33. The van der Waals surface area contributed by atoms with Crippen LogP contribution in [0.5, 0.6) is 0 Å². The van der Waals surface area contributed by atoms with Crippen LogP contribution in [0.3, 0.4) is 0 Å². The van der Waals surface area contributed by atoms with E-state index >= 15 is 0 Å². The Morgan fingerprint density at radius 1 is 1.50 bits per heavy atom. The van der Waals surface area contributed by atoms with Crippen molar-refractivity contribution in [1.82, 2.24) is 9.97 Å². The van der Waals surface area contributed by atoms with Gasteiger partial charge in [0.25, 0.3) is 0 Å². The molecule has 3 rings (SSSR count). The molecule has 116 valence electrons. The van der Waals surface area contributed by atoms with E-state index in [-0.39, 0.29) is 6.04 Å². The average Bonchev–Trinajstić information content (AvgIpc) is 3.07. The molecular weight excluding hydrogens is 320 g/mol. The fourth-order valence-electron chi connectivity index (χ4n) is 2.32. The number of thiazole rings is 1. The molecule has 3 N–H and O–H groups in total. The largest absolute Gasteiger partial charge is 0.457 e. The molecule has 22 heavy (non-hydrogen) atoms. The number of nitrogens with one attached hydrogen (secondary N) is 1. The summed E-state index contributed by atoms with van der Waals surface area (Å²) in [5, 5.41) is 6.71. The van der Waals surface area contributed by atoms with Gasteiger partial charge in [-0.05, 0) is 13.8 Å². The van der Waals surface area contributed by atoms with E-state index in [4.69, 9.17) is 21.8 Å². The van der Waals surface area contributed by atoms with Gasteiger partial charge in [0.15, 0.2) is 5.58 Å². The van der Waals surface area contributed by atoms with Crippen LogP contribution in [-0.4, -0.2) is 16.0 Å². The highest BCUT2D eigenvalue weighted by atomic mass is 35.5. The topological polar surface area (TPSA) is 77.0 Å². The Bertz CT molecular complexity index is 783. The lowest BCUT2D eigenvalue weighted by atomic mass is 10.1. The van der Waals surface area contributed by atoms with Crippen molar-refractivity contribution in [1.29, 1.82) is 0 Å². The number of furan rings is 1. The van der Waals surface area contributed by atoms with Gasteiger partial charge in [-0.25, -0.2) is 9.97 Å². The van der Waals surface area contributed by atoms with Gasteiger partial charge in [0.1, 0.15) is 21.4 Å². The summed E-state index contributed by atoms with van der Waals surface area (Å²) in [6.07, 6.45) is 2.46. The van der Waals surface area contributed by atoms with E-state index in [0.29, 0.717) is 23.7 Å². The highest BCUT2D eigenvalue weighted by molar-refractivity contribution is 7.09. The van der Waals surface area contributed by atoms with Crippen molar-refractivity contribution < 1.29 is 4.42 Å². The molecule has 0 unspecified atom stereocenters. The van der Waals surface area contributed by atoms with Gasteiger partial charge in [-0.3, -0.25) is 0 Å². The summed E-state index contributed by atoms with van der Waals surface area (Å²) >= 11 is 7.74. The molecule has 0 aliphatic rings. The molecule has 0 saturated heterocycles. The predicted molar refractivity (Wildman–Crippen MR) is 90.6 cm³/mol. The zero-order valence-corrected chi connectivity index (χ0v) is 14.0. The summed E-state index contributed by atoms with van der Waals surface area (Å²) < 4.78 is 5.99. The molecule has 0 aromatic carbocycles. The fraction of sp³-hybridized carbons (Fsp3) is 0.333. The lowest BCUT2D eigenvalue weighted by Gasteiger charge is -2.05. The van der Waals surface area contributed by atoms with E-state index < -0.39 is 0 Å². The van der Waals surface area contributed by atoms with Gasteiger partial charge in [0.2, 0.25) is 0 Å². The Morgan fingerprint density at radius 3 is 3.00 bits per heavy atom. The Hall–Kier alpha value is -1.63. The van der Waals surface area contributed by atoms with Gasteiger partial charge < -0.3 is 15.5 Å². The second-order valence-electron chi connectivity index (χ2n) is 5.28. The number of nitrogens with two attached hydrogens (primary N) is 1. The van der Waals surface area contributed by atoms with Crippen molar-refractivity contribution in [2.24, 2.45) is 5.73 Å². The quantitative estimate of drug-likeness (QED) is 0.694. The summed E-state index contributed by atoms with van der Waals surface area (Å²) in [7, 11) is 0. The maximum Gasteiger partial charge on any atom is 0.176 e. The lowest BCUT2D eigenvalue weighted by Crippen LogP contribution is -2.17. The van der Waals surface area contributed by atoms with Crippen LogP contribution in [0.1, 0.15) is 23.3 Å². The van der Waals surface area contributed by atoms with E-state index in [1.54, 1.807) is 23.6 Å². The molecule has 0 radical (unpaired) electrons. The van der Waals surface area contributed by atoms with Crippen LogP contribution in [0.15, 0.2) is 22.1 Å². The molecule has 3 aromatic rings. The molecule has 3 heterocycles. The number of rotatable bonds is 5. The fourth-order valence-corrected chi connectivity index (χ4v) is 3.07. The minimum Gasteiger partial charge on any atom is -0.457 e. The van der Waals surface area contributed by atoms with Gasteiger partial charge in [-0.1, -0.05) is 11.6 Å². The van der Waals surface area contributed by atoms with Crippen LogP contribution in [0.2, 0.25) is 5.15 Å². The minimum atomic E-state index is 0.0291. The number of nitrogens with zero attached hydrogens (tertiary/aromatic N) is 2. The first-order valence-corrected chi connectivity index (χ1v) is 8.26. The molecule has 0 fully saturated rings. The van der Waals surface area contributed by atoms with Gasteiger partial charge >= 0.3 is 0 Å². The van der Waals surface area contributed by atoms with Crippen LogP contribution in [0, 0.1) is 6.92 Å². The van der Waals surface area contributed by atoms with E-state index in [1.807, 2.05) is 19.2 Å². The summed E-state index contributed by atoms with van der Waals surface area (Å²) in [6.45, 7) is 4.56. The first-order chi connectivity index (χ1) is 10.5. The number of hydrogen-bond donors (Lipinski definition) is 2. The first-order valence-electron chi connectivity index (χ1n) is 7.01. The first kappa shape index (κ1) is 15.3. The number of aromatic nitrogens is 2. The van der Waals surface area contributed by atoms with Crippen molar-refractivity contribution in [3.05, 3.63) is 39.1 Å². The number of pyridine rings is 1. The van der Waals surface area contributed by atoms with E-state index in [2.05, 4.69) is 15.3 Å². The zero-order valence-electron chi connectivity index (χ0n) is 12.4. The number of anilines is 1. The number of aryl methyl sites for hydroxylation is 1. The SMILES string of the molecule is Cc1c(C[C@H](C)N)oc2c(NCc3nccs3)cc(Cl)nc12. The van der Waals surface area contributed by atoms with Gasteiger partial charge in [0.05, 0.1) is 12.2 Å². The van der Waals surface area contributed by atoms with Crippen LogP contribution >= 0.6 is 22.9 Å². The third kappa shape index (κ3) is 3.09. The van der Waals surface area contributed by atoms with Crippen molar-refractivity contribution in [2.75, 3.05) is 5.32 Å². The van der Waals surface area contributed by atoms with E-state index in [9.17, 15) is 0 Å². The van der Waals surface area contributed by atoms with Gasteiger partial charge in [-0.15, -0.1) is 11.3 Å². The maximum absolute atomic E-state index is 6.14. The standard InChI is InChI=1S/C15H17ClN4OS/c1-8(17)5-11-9(2)14-15(21-11)10(6-12(16)20-14)19-7-13-18-3-4-22-13/h3-4,6,8H,5,7,17H2,1-2H3,(H,19,20)/t8-/m0/s1. The van der Waals surface area contributed by atoms with Crippen LogP contribution in [0.4, 0.5) is 5.69 Å². The minimum absolute atomic E-state index is 0.0291. The highest BCUT2D eigenvalue weighted by Gasteiger charge is 2.17. The number of fused-ring (bicyclic) bond motifs is 1. The van der Waals surface area contributed by atoms with E-state index in [1.165, 1.54) is 0 Å². The second kappa shape index (κ2) is 6.24. The Kier molecular flexibility index (Phi) is 4.33. The van der Waals surface area contributed by atoms with Gasteiger partial charge in [-0.2, -0.15) is 0 Å². The monoisotopic (exact) mass is 336 g/mol.